The van der Waals surface area contributed by atoms with Crippen LogP contribution in [0.2, 0.25) is 0 Å². The average molecular weight is 251 g/mol. The number of primary amides is 1. The van der Waals surface area contributed by atoms with Gasteiger partial charge in [-0.1, -0.05) is 27.7 Å². The molecule has 1 atom stereocenters. The molecule has 0 radical (unpaired) electrons. The Labute approximate surface area is 84.5 Å². The molecule has 2 N–H and O–H groups in total. The number of rotatable bonds is 2. The van der Waals surface area contributed by atoms with Gasteiger partial charge in [0.15, 0.2) is 0 Å². The lowest BCUT2D eigenvalue weighted by Crippen LogP contribution is -2.33. The molecule has 0 aromatic rings. The van der Waals surface area contributed by atoms with Crippen molar-refractivity contribution in [2.24, 2.45) is 5.73 Å². The summed E-state index contributed by atoms with van der Waals surface area (Å²) in [5.74, 6) is -0.297. The number of hydrogen-bond acceptors (Lipinski definition) is 3. The number of nitrogens with two attached hydrogens (primary N) is 1. The Morgan fingerprint density at radius 3 is 2.67 bits per heavy atom. The van der Waals surface area contributed by atoms with Crippen molar-refractivity contribution in [3.05, 3.63) is 10.6 Å². The highest BCUT2D eigenvalue weighted by Crippen LogP contribution is 2.39. The first kappa shape index (κ1) is 9.92. The van der Waals surface area contributed by atoms with Gasteiger partial charge in [-0.2, -0.15) is 0 Å². The van der Waals surface area contributed by atoms with Crippen LogP contribution in [0, 0.1) is 0 Å². The lowest BCUT2D eigenvalue weighted by Gasteiger charge is -2.21. The molecule has 0 aromatic heterocycles. The minimum absolute atomic E-state index is 0.157. The Bertz CT molecular complexity index is 242. The Hall–Kier alpha value is -0.160. The van der Waals surface area contributed by atoms with Gasteiger partial charge in [0.05, 0.1) is 6.54 Å². The van der Waals surface area contributed by atoms with Crippen LogP contribution in [0.5, 0.6) is 0 Å². The number of alkyl halides is 1. The second-order valence-electron chi connectivity index (χ2n) is 2.65. The van der Waals surface area contributed by atoms with Crippen LogP contribution in [0.4, 0.5) is 0 Å². The number of carbonyl (C=O) groups is 1. The van der Waals surface area contributed by atoms with Gasteiger partial charge in [-0.25, -0.2) is 0 Å². The molecule has 1 aliphatic heterocycles. The number of amides is 1. The molecule has 1 rings (SSSR count). The molecule has 0 spiro atoms. The minimum atomic E-state index is -0.297. The summed E-state index contributed by atoms with van der Waals surface area (Å²) < 4.78 is 0.157. The van der Waals surface area contributed by atoms with E-state index < -0.39 is 0 Å². The standard InChI is InChI=1S/C7H11BrN2OS/c1-4-5(2)12-7(8)10(4)3-6(9)11/h7H,3H2,1-2H3,(H2,9,11). The summed E-state index contributed by atoms with van der Waals surface area (Å²) >= 11 is 5.15. The molecule has 1 amide bonds. The van der Waals surface area contributed by atoms with E-state index in [1.54, 1.807) is 11.8 Å². The zero-order chi connectivity index (χ0) is 9.30. The quantitative estimate of drug-likeness (QED) is 0.596. The fourth-order valence-corrected chi connectivity index (χ4v) is 3.24. The third kappa shape index (κ3) is 1.95. The van der Waals surface area contributed by atoms with Crippen LogP contribution < -0.4 is 5.73 Å². The van der Waals surface area contributed by atoms with E-state index in [1.165, 1.54) is 4.91 Å². The van der Waals surface area contributed by atoms with Gasteiger partial charge in [-0.3, -0.25) is 4.79 Å². The first-order valence-electron chi connectivity index (χ1n) is 3.55. The molecular weight excluding hydrogens is 240 g/mol. The molecule has 1 heterocycles. The van der Waals surface area contributed by atoms with Gasteiger partial charge >= 0.3 is 0 Å². The molecular formula is C7H11BrN2OS. The maximum absolute atomic E-state index is 10.7. The van der Waals surface area contributed by atoms with E-state index in [-0.39, 0.29) is 16.7 Å². The highest BCUT2D eigenvalue weighted by atomic mass is 79.9. The van der Waals surface area contributed by atoms with Gasteiger partial charge in [-0.05, 0) is 13.8 Å². The zero-order valence-corrected chi connectivity index (χ0v) is 9.41. The lowest BCUT2D eigenvalue weighted by atomic mass is 10.4. The van der Waals surface area contributed by atoms with Crippen molar-refractivity contribution >= 4 is 33.6 Å². The number of carbonyl (C=O) groups excluding carboxylic acids is 1. The fourth-order valence-electron chi connectivity index (χ4n) is 1.01. The second kappa shape index (κ2) is 3.70. The molecule has 0 fully saturated rings. The lowest BCUT2D eigenvalue weighted by molar-refractivity contribution is -0.118. The van der Waals surface area contributed by atoms with E-state index in [0.717, 1.165) is 5.70 Å². The topological polar surface area (TPSA) is 46.3 Å². The van der Waals surface area contributed by atoms with Crippen molar-refractivity contribution in [3.8, 4) is 0 Å². The predicted octanol–water partition coefficient (Wildman–Crippen LogP) is 1.45. The summed E-state index contributed by atoms with van der Waals surface area (Å²) in [6.07, 6.45) is 0. The Balaban J connectivity index is 2.70. The van der Waals surface area contributed by atoms with Crippen LogP contribution in [0.25, 0.3) is 0 Å². The van der Waals surface area contributed by atoms with Crippen LogP contribution in [-0.4, -0.2) is 21.6 Å². The molecule has 1 unspecified atom stereocenters. The van der Waals surface area contributed by atoms with E-state index in [2.05, 4.69) is 15.9 Å². The van der Waals surface area contributed by atoms with Gasteiger partial charge in [0.2, 0.25) is 5.91 Å². The highest BCUT2D eigenvalue weighted by Gasteiger charge is 2.26. The number of allylic oxidation sites excluding steroid dienone is 2. The van der Waals surface area contributed by atoms with E-state index in [9.17, 15) is 4.79 Å². The monoisotopic (exact) mass is 250 g/mol. The molecule has 0 aliphatic carbocycles. The van der Waals surface area contributed by atoms with Gasteiger partial charge in [0.25, 0.3) is 0 Å². The van der Waals surface area contributed by atoms with Crippen LogP contribution in [0.3, 0.4) is 0 Å². The number of thioether (sulfide) groups is 1. The maximum atomic E-state index is 10.7. The second-order valence-corrected chi connectivity index (χ2v) is 5.41. The smallest absolute Gasteiger partial charge is 0.237 e. The van der Waals surface area contributed by atoms with Gasteiger partial charge < -0.3 is 10.6 Å². The summed E-state index contributed by atoms with van der Waals surface area (Å²) in [6.45, 7) is 4.31. The van der Waals surface area contributed by atoms with E-state index in [0.29, 0.717) is 0 Å². The molecule has 3 nitrogen and oxygen atoms in total. The van der Waals surface area contributed by atoms with Crippen molar-refractivity contribution in [1.29, 1.82) is 0 Å². The molecule has 1 aliphatic rings. The number of nitrogens with zero attached hydrogens (tertiary/aromatic N) is 1. The summed E-state index contributed by atoms with van der Waals surface area (Å²) in [7, 11) is 0. The van der Waals surface area contributed by atoms with Gasteiger partial charge in [0.1, 0.15) is 4.28 Å². The molecule has 0 saturated heterocycles. The number of halogens is 1. The molecule has 0 aromatic carbocycles. The van der Waals surface area contributed by atoms with E-state index in [4.69, 9.17) is 5.73 Å². The third-order valence-corrected chi connectivity index (χ3v) is 3.94. The summed E-state index contributed by atoms with van der Waals surface area (Å²) in [6, 6.07) is 0. The first-order valence-corrected chi connectivity index (χ1v) is 5.35. The average Bonchev–Trinajstić information content (AvgIpc) is 2.16. The van der Waals surface area contributed by atoms with Crippen molar-refractivity contribution in [2.45, 2.75) is 18.1 Å². The Morgan fingerprint density at radius 2 is 2.33 bits per heavy atom. The van der Waals surface area contributed by atoms with Crippen molar-refractivity contribution in [3.63, 3.8) is 0 Å². The molecule has 12 heavy (non-hydrogen) atoms. The molecule has 68 valence electrons. The summed E-state index contributed by atoms with van der Waals surface area (Å²) in [4.78, 5) is 13.9. The predicted molar refractivity (Wildman–Crippen MR) is 54.6 cm³/mol. The normalized spacial score (nSPS) is 23.6. The third-order valence-electron chi connectivity index (χ3n) is 1.79. The van der Waals surface area contributed by atoms with Crippen molar-refractivity contribution in [2.75, 3.05) is 6.54 Å². The summed E-state index contributed by atoms with van der Waals surface area (Å²) in [5, 5.41) is 0. The minimum Gasteiger partial charge on any atom is -0.368 e. The SMILES string of the molecule is CC1=C(C)N(CC(N)=O)C(Br)S1. The largest absolute Gasteiger partial charge is 0.368 e. The number of hydrogen-bond donors (Lipinski definition) is 1. The van der Waals surface area contributed by atoms with Crippen LogP contribution in [-0.2, 0) is 4.79 Å². The Kier molecular flexibility index (Phi) is 3.06. The summed E-state index contributed by atoms with van der Waals surface area (Å²) in [5.41, 5.74) is 6.23. The zero-order valence-electron chi connectivity index (χ0n) is 7.00. The molecule has 5 heteroatoms. The maximum Gasteiger partial charge on any atom is 0.237 e. The first-order chi connectivity index (χ1) is 5.52. The van der Waals surface area contributed by atoms with Crippen LogP contribution in [0.15, 0.2) is 10.6 Å². The van der Waals surface area contributed by atoms with Gasteiger partial charge in [-0.15, -0.1) is 0 Å². The molecule has 0 bridgehead atoms. The Morgan fingerprint density at radius 1 is 1.75 bits per heavy atom. The fraction of sp³-hybridized carbons (Fsp3) is 0.571. The van der Waals surface area contributed by atoms with Crippen molar-refractivity contribution < 1.29 is 4.79 Å². The van der Waals surface area contributed by atoms with Crippen LogP contribution in [0.1, 0.15) is 13.8 Å². The van der Waals surface area contributed by atoms with E-state index >= 15 is 0 Å². The van der Waals surface area contributed by atoms with Gasteiger partial charge in [0, 0.05) is 10.6 Å². The van der Waals surface area contributed by atoms with Crippen molar-refractivity contribution in [1.82, 2.24) is 4.90 Å². The van der Waals surface area contributed by atoms with Crippen LogP contribution >= 0.6 is 27.7 Å². The highest BCUT2D eigenvalue weighted by molar-refractivity contribution is 9.11. The van der Waals surface area contributed by atoms with E-state index in [1.807, 2.05) is 18.7 Å². The molecule has 0 saturated carbocycles.